The Morgan fingerprint density at radius 3 is 2.65 bits per heavy atom. The van der Waals surface area contributed by atoms with Crippen LogP contribution in [0.2, 0.25) is 5.02 Å². The molecule has 1 fully saturated rings. The smallest absolute Gasteiger partial charge is 0.251 e. The van der Waals surface area contributed by atoms with Crippen LogP contribution >= 0.6 is 11.6 Å². The second-order valence-electron chi connectivity index (χ2n) is 5.91. The van der Waals surface area contributed by atoms with E-state index < -0.39 is 5.79 Å². The largest absolute Gasteiger partial charge is 0.507 e. The van der Waals surface area contributed by atoms with Crippen LogP contribution in [0, 0.1) is 0 Å². The summed E-state index contributed by atoms with van der Waals surface area (Å²) in [6.45, 7) is 0. The number of rotatable bonds is 2. The summed E-state index contributed by atoms with van der Waals surface area (Å²) < 4.78 is 12.0. The molecule has 1 aliphatic carbocycles. The van der Waals surface area contributed by atoms with Crippen LogP contribution in [0.25, 0.3) is 0 Å². The molecule has 4 nitrogen and oxygen atoms in total. The molecule has 1 aliphatic heterocycles. The molecular weight excluding hydrogens is 314 g/mol. The Hall–Kier alpha value is -2.20. The van der Waals surface area contributed by atoms with Crippen molar-refractivity contribution in [2.75, 3.05) is 0 Å². The van der Waals surface area contributed by atoms with E-state index in [1.165, 1.54) is 0 Å². The van der Waals surface area contributed by atoms with Gasteiger partial charge in [-0.05, 0) is 43.2 Å². The van der Waals surface area contributed by atoms with E-state index in [1.807, 2.05) is 18.2 Å². The van der Waals surface area contributed by atoms with Crippen molar-refractivity contribution >= 4 is 23.5 Å². The molecule has 118 valence electrons. The standard InChI is InChI=1S/C18H16ClNO3/c19-13-3-5-15(21)12(9-13)11-20-14-4-6-16-17(10-14)23-18(22-16)7-1-2-8-18/h3-6,9-11,21H,1-2,7-8H2. The second kappa shape index (κ2) is 5.46. The summed E-state index contributed by atoms with van der Waals surface area (Å²) in [6.07, 6.45) is 5.71. The summed E-state index contributed by atoms with van der Waals surface area (Å²) in [5.74, 6) is 1.19. The van der Waals surface area contributed by atoms with Gasteiger partial charge in [-0.15, -0.1) is 0 Å². The number of hydrogen-bond acceptors (Lipinski definition) is 4. The van der Waals surface area contributed by atoms with Crippen LogP contribution in [0.1, 0.15) is 31.2 Å². The van der Waals surface area contributed by atoms with E-state index in [0.29, 0.717) is 10.6 Å². The molecule has 1 heterocycles. The van der Waals surface area contributed by atoms with Crippen LogP contribution < -0.4 is 9.47 Å². The number of benzene rings is 2. The third kappa shape index (κ3) is 2.75. The summed E-state index contributed by atoms with van der Waals surface area (Å²) in [7, 11) is 0. The predicted octanol–water partition coefficient (Wildman–Crippen LogP) is 4.84. The third-order valence-electron chi connectivity index (χ3n) is 4.23. The Morgan fingerprint density at radius 1 is 1.04 bits per heavy atom. The molecule has 0 aromatic heterocycles. The van der Waals surface area contributed by atoms with Crippen LogP contribution in [0.3, 0.4) is 0 Å². The third-order valence-corrected chi connectivity index (χ3v) is 4.46. The van der Waals surface area contributed by atoms with Gasteiger partial charge in [0, 0.05) is 35.7 Å². The van der Waals surface area contributed by atoms with Crippen molar-refractivity contribution in [1.82, 2.24) is 0 Å². The highest BCUT2D eigenvalue weighted by atomic mass is 35.5. The van der Waals surface area contributed by atoms with Gasteiger partial charge in [0.25, 0.3) is 5.79 Å². The van der Waals surface area contributed by atoms with Gasteiger partial charge in [0.2, 0.25) is 0 Å². The zero-order chi connectivity index (χ0) is 15.9. The minimum absolute atomic E-state index is 0.142. The molecule has 5 heteroatoms. The van der Waals surface area contributed by atoms with Gasteiger partial charge in [-0.1, -0.05) is 11.6 Å². The number of aromatic hydroxyl groups is 1. The fourth-order valence-corrected chi connectivity index (χ4v) is 3.23. The van der Waals surface area contributed by atoms with E-state index in [-0.39, 0.29) is 5.75 Å². The van der Waals surface area contributed by atoms with Gasteiger partial charge in [-0.25, -0.2) is 0 Å². The number of hydrogen-bond donors (Lipinski definition) is 1. The Balaban J connectivity index is 1.58. The Labute approximate surface area is 139 Å². The maximum atomic E-state index is 9.81. The molecule has 4 rings (SSSR count). The summed E-state index contributed by atoms with van der Waals surface area (Å²) >= 11 is 5.94. The van der Waals surface area contributed by atoms with Gasteiger partial charge in [-0.3, -0.25) is 4.99 Å². The molecule has 2 aromatic rings. The molecule has 0 amide bonds. The molecule has 2 aromatic carbocycles. The highest BCUT2D eigenvalue weighted by molar-refractivity contribution is 6.30. The Bertz CT molecular complexity index is 782. The average Bonchev–Trinajstić information content (AvgIpc) is 3.14. The lowest BCUT2D eigenvalue weighted by atomic mass is 10.2. The van der Waals surface area contributed by atoms with Gasteiger partial charge in [0.15, 0.2) is 11.5 Å². The van der Waals surface area contributed by atoms with Gasteiger partial charge in [0.05, 0.1) is 5.69 Å². The molecule has 1 N–H and O–H groups in total. The lowest BCUT2D eigenvalue weighted by molar-refractivity contribution is -0.0716. The zero-order valence-electron chi connectivity index (χ0n) is 12.5. The second-order valence-corrected chi connectivity index (χ2v) is 6.35. The topological polar surface area (TPSA) is 51.1 Å². The Kier molecular flexibility index (Phi) is 3.42. The van der Waals surface area contributed by atoms with E-state index in [1.54, 1.807) is 24.4 Å². The quantitative estimate of drug-likeness (QED) is 0.802. The van der Waals surface area contributed by atoms with Gasteiger partial charge >= 0.3 is 0 Å². The first-order valence-corrected chi connectivity index (χ1v) is 8.06. The normalized spacial score (nSPS) is 18.1. The molecule has 0 radical (unpaired) electrons. The lowest BCUT2D eigenvalue weighted by Gasteiger charge is -2.21. The van der Waals surface area contributed by atoms with Crippen molar-refractivity contribution in [1.29, 1.82) is 0 Å². The summed E-state index contributed by atoms with van der Waals surface area (Å²) in [6, 6.07) is 10.5. The first-order valence-electron chi connectivity index (χ1n) is 7.68. The van der Waals surface area contributed by atoms with Gasteiger partial charge in [0.1, 0.15) is 5.75 Å². The fraction of sp³-hybridized carbons (Fsp3) is 0.278. The molecule has 1 saturated carbocycles. The van der Waals surface area contributed by atoms with Crippen molar-refractivity contribution < 1.29 is 14.6 Å². The minimum Gasteiger partial charge on any atom is -0.507 e. The summed E-state index contributed by atoms with van der Waals surface area (Å²) in [5, 5.41) is 10.4. The number of ether oxygens (including phenoxy) is 2. The average molecular weight is 330 g/mol. The van der Waals surface area contributed by atoms with E-state index in [4.69, 9.17) is 21.1 Å². The van der Waals surface area contributed by atoms with Gasteiger partial charge < -0.3 is 14.6 Å². The first-order chi connectivity index (χ1) is 11.1. The number of phenols is 1. The molecule has 1 spiro atoms. The SMILES string of the molecule is Oc1ccc(Cl)cc1C=Nc1ccc2c(c1)OC1(CCCC1)O2. The van der Waals surface area contributed by atoms with E-state index in [9.17, 15) is 5.11 Å². The van der Waals surface area contributed by atoms with Gasteiger partial charge in [-0.2, -0.15) is 0 Å². The predicted molar refractivity (Wildman–Crippen MR) is 89.3 cm³/mol. The van der Waals surface area contributed by atoms with Crippen LogP contribution in [0.15, 0.2) is 41.4 Å². The molecule has 0 unspecified atom stereocenters. The van der Waals surface area contributed by atoms with Crippen molar-refractivity contribution in [3.8, 4) is 17.2 Å². The van der Waals surface area contributed by atoms with Crippen molar-refractivity contribution in [3.05, 3.63) is 47.0 Å². The monoisotopic (exact) mass is 329 g/mol. The molecule has 2 aliphatic rings. The molecule has 23 heavy (non-hydrogen) atoms. The number of halogens is 1. The highest BCUT2D eigenvalue weighted by Gasteiger charge is 2.43. The zero-order valence-corrected chi connectivity index (χ0v) is 13.2. The van der Waals surface area contributed by atoms with E-state index >= 15 is 0 Å². The van der Waals surface area contributed by atoms with Crippen LogP contribution in [-0.4, -0.2) is 17.1 Å². The van der Waals surface area contributed by atoms with Crippen LogP contribution in [0.5, 0.6) is 17.2 Å². The maximum Gasteiger partial charge on any atom is 0.251 e. The van der Waals surface area contributed by atoms with Crippen molar-refractivity contribution in [2.45, 2.75) is 31.5 Å². The Morgan fingerprint density at radius 2 is 1.83 bits per heavy atom. The molecule has 0 atom stereocenters. The highest BCUT2D eigenvalue weighted by Crippen LogP contribution is 2.47. The maximum absolute atomic E-state index is 9.81. The van der Waals surface area contributed by atoms with Crippen molar-refractivity contribution in [2.24, 2.45) is 4.99 Å². The molecule has 0 bridgehead atoms. The summed E-state index contributed by atoms with van der Waals surface area (Å²) in [5.41, 5.74) is 1.31. The lowest BCUT2D eigenvalue weighted by Crippen LogP contribution is -2.34. The number of fused-ring (bicyclic) bond motifs is 1. The number of aliphatic imine (C=N–C) groups is 1. The first kappa shape index (κ1) is 14.4. The van der Waals surface area contributed by atoms with Crippen molar-refractivity contribution in [3.63, 3.8) is 0 Å². The molecule has 0 saturated heterocycles. The van der Waals surface area contributed by atoms with Crippen LogP contribution in [-0.2, 0) is 0 Å². The van der Waals surface area contributed by atoms with E-state index in [2.05, 4.69) is 4.99 Å². The number of phenolic OH excluding ortho intramolecular Hbond substituents is 1. The van der Waals surface area contributed by atoms with E-state index in [0.717, 1.165) is 42.9 Å². The van der Waals surface area contributed by atoms with Crippen LogP contribution in [0.4, 0.5) is 5.69 Å². The molecular formula is C18H16ClNO3. The summed E-state index contributed by atoms with van der Waals surface area (Å²) in [4.78, 5) is 4.39. The minimum atomic E-state index is -0.462. The number of nitrogens with zero attached hydrogens (tertiary/aromatic N) is 1. The fourth-order valence-electron chi connectivity index (χ4n) is 3.05.